The molecule has 0 aliphatic heterocycles. The predicted molar refractivity (Wildman–Crippen MR) is 102 cm³/mol. The van der Waals surface area contributed by atoms with Crippen molar-refractivity contribution in [3.05, 3.63) is 54.1 Å². The lowest BCUT2D eigenvalue weighted by Crippen LogP contribution is -2.04. The van der Waals surface area contributed by atoms with Crippen LogP contribution < -0.4 is 5.32 Å². The first-order chi connectivity index (χ1) is 13.1. The van der Waals surface area contributed by atoms with Crippen LogP contribution in [0.15, 0.2) is 42.9 Å². The molecule has 1 aliphatic rings. The molecule has 0 radical (unpaired) electrons. The van der Waals surface area contributed by atoms with Crippen LogP contribution in [0.1, 0.15) is 36.4 Å². The number of carboxylic acids is 1. The molecule has 1 aromatic carbocycles. The van der Waals surface area contributed by atoms with Gasteiger partial charge in [0.25, 0.3) is 0 Å². The van der Waals surface area contributed by atoms with E-state index in [-0.39, 0.29) is 6.42 Å². The second kappa shape index (κ2) is 7.19. The van der Waals surface area contributed by atoms with Gasteiger partial charge in [-0.25, -0.2) is 9.97 Å². The number of anilines is 2. The fourth-order valence-electron chi connectivity index (χ4n) is 3.04. The SMILES string of the molecule is Cc1cc(Nc2nccc(C3CC3)n2)cc(-c2cnn(CCC(=O)O)c2)c1. The zero-order chi connectivity index (χ0) is 18.8. The summed E-state index contributed by atoms with van der Waals surface area (Å²) >= 11 is 0. The van der Waals surface area contributed by atoms with Crippen LogP contribution in [0.5, 0.6) is 0 Å². The molecular weight excluding hydrogens is 342 g/mol. The number of aromatic nitrogens is 4. The molecule has 2 aromatic heterocycles. The van der Waals surface area contributed by atoms with E-state index >= 15 is 0 Å². The minimum atomic E-state index is -0.831. The van der Waals surface area contributed by atoms with Gasteiger partial charge < -0.3 is 10.4 Å². The monoisotopic (exact) mass is 363 g/mol. The first-order valence-corrected chi connectivity index (χ1v) is 9.03. The zero-order valence-electron chi connectivity index (χ0n) is 15.1. The summed E-state index contributed by atoms with van der Waals surface area (Å²) in [5.74, 6) is 0.355. The summed E-state index contributed by atoms with van der Waals surface area (Å²) in [4.78, 5) is 19.7. The standard InChI is InChI=1S/C20H21N5O2/c1-13-8-15(16-11-22-25(12-16)7-5-19(26)27)10-17(9-13)23-20-21-6-4-18(24-20)14-2-3-14/h4,6,8-12,14H,2-3,5,7H2,1H3,(H,26,27)(H,21,23,24). The van der Waals surface area contributed by atoms with Crippen LogP contribution in [-0.4, -0.2) is 30.8 Å². The van der Waals surface area contributed by atoms with Gasteiger partial charge in [0, 0.05) is 35.3 Å². The summed E-state index contributed by atoms with van der Waals surface area (Å²) in [5, 5.41) is 16.4. The number of benzene rings is 1. The van der Waals surface area contributed by atoms with Crippen molar-refractivity contribution in [1.82, 2.24) is 19.7 Å². The van der Waals surface area contributed by atoms with E-state index in [1.165, 1.54) is 12.8 Å². The smallest absolute Gasteiger partial charge is 0.305 e. The van der Waals surface area contributed by atoms with Crippen molar-refractivity contribution in [3.8, 4) is 11.1 Å². The molecule has 7 nitrogen and oxygen atoms in total. The predicted octanol–water partition coefficient (Wildman–Crippen LogP) is 3.74. The van der Waals surface area contributed by atoms with Gasteiger partial charge in [-0.2, -0.15) is 5.10 Å². The van der Waals surface area contributed by atoms with E-state index in [0.29, 0.717) is 18.4 Å². The van der Waals surface area contributed by atoms with E-state index in [1.54, 1.807) is 17.1 Å². The topological polar surface area (TPSA) is 92.9 Å². The number of aliphatic carboxylic acids is 1. The summed E-state index contributed by atoms with van der Waals surface area (Å²) in [5.41, 5.74) is 5.07. The van der Waals surface area contributed by atoms with Crippen LogP contribution in [0.4, 0.5) is 11.6 Å². The van der Waals surface area contributed by atoms with E-state index in [4.69, 9.17) is 5.11 Å². The largest absolute Gasteiger partial charge is 0.481 e. The molecule has 7 heteroatoms. The molecule has 4 rings (SSSR count). The maximum absolute atomic E-state index is 10.7. The van der Waals surface area contributed by atoms with Crippen LogP contribution in [-0.2, 0) is 11.3 Å². The Hall–Kier alpha value is -3.22. The molecular formula is C20H21N5O2. The third-order valence-electron chi connectivity index (χ3n) is 4.53. The van der Waals surface area contributed by atoms with Crippen LogP contribution in [0, 0.1) is 6.92 Å². The molecule has 27 heavy (non-hydrogen) atoms. The Morgan fingerprint density at radius 2 is 2.15 bits per heavy atom. The molecule has 1 saturated carbocycles. The zero-order valence-corrected chi connectivity index (χ0v) is 15.1. The molecule has 2 heterocycles. The Kier molecular flexibility index (Phi) is 4.58. The Bertz CT molecular complexity index is 978. The van der Waals surface area contributed by atoms with Crippen molar-refractivity contribution in [2.75, 3.05) is 5.32 Å². The molecule has 1 aliphatic carbocycles. The molecule has 1 fully saturated rings. The van der Waals surface area contributed by atoms with Gasteiger partial charge in [-0.15, -0.1) is 0 Å². The normalized spacial score (nSPS) is 13.5. The lowest BCUT2D eigenvalue weighted by molar-refractivity contribution is -0.137. The average Bonchev–Trinajstić information content (AvgIpc) is 3.38. The van der Waals surface area contributed by atoms with Crippen molar-refractivity contribution < 1.29 is 9.90 Å². The lowest BCUT2D eigenvalue weighted by atomic mass is 10.1. The van der Waals surface area contributed by atoms with E-state index in [1.807, 2.05) is 31.3 Å². The van der Waals surface area contributed by atoms with Crippen molar-refractivity contribution in [2.24, 2.45) is 0 Å². The van der Waals surface area contributed by atoms with Crippen molar-refractivity contribution >= 4 is 17.6 Å². The Labute approximate surface area is 157 Å². The molecule has 0 unspecified atom stereocenters. The molecule has 2 N–H and O–H groups in total. The summed E-state index contributed by atoms with van der Waals surface area (Å²) in [7, 11) is 0. The van der Waals surface area contributed by atoms with Crippen molar-refractivity contribution in [1.29, 1.82) is 0 Å². The molecule has 138 valence electrons. The van der Waals surface area contributed by atoms with Crippen LogP contribution in [0.25, 0.3) is 11.1 Å². The lowest BCUT2D eigenvalue weighted by Gasteiger charge is -2.09. The fraction of sp³-hybridized carbons (Fsp3) is 0.300. The van der Waals surface area contributed by atoms with Gasteiger partial charge in [0.2, 0.25) is 5.95 Å². The highest BCUT2D eigenvalue weighted by atomic mass is 16.4. The van der Waals surface area contributed by atoms with E-state index in [9.17, 15) is 4.79 Å². The first-order valence-electron chi connectivity index (χ1n) is 9.03. The number of rotatable bonds is 7. The maximum atomic E-state index is 10.7. The van der Waals surface area contributed by atoms with Crippen molar-refractivity contribution in [3.63, 3.8) is 0 Å². The van der Waals surface area contributed by atoms with E-state index in [0.717, 1.165) is 28.1 Å². The molecule has 0 amide bonds. The molecule has 0 spiro atoms. The number of nitrogens with zero attached hydrogens (tertiary/aromatic N) is 4. The Morgan fingerprint density at radius 1 is 1.30 bits per heavy atom. The quantitative estimate of drug-likeness (QED) is 0.664. The van der Waals surface area contributed by atoms with Crippen LogP contribution in [0.3, 0.4) is 0 Å². The molecule has 0 bridgehead atoms. The summed E-state index contributed by atoms with van der Waals surface area (Å²) in [6.07, 6.45) is 7.88. The second-order valence-corrected chi connectivity index (χ2v) is 6.93. The van der Waals surface area contributed by atoms with Gasteiger partial charge in [0.1, 0.15) is 0 Å². The number of hydrogen-bond acceptors (Lipinski definition) is 5. The first kappa shape index (κ1) is 17.2. The minimum absolute atomic E-state index is 0.0520. The Morgan fingerprint density at radius 3 is 2.93 bits per heavy atom. The molecule has 0 saturated heterocycles. The summed E-state index contributed by atoms with van der Waals surface area (Å²) < 4.78 is 1.65. The average molecular weight is 363 g/mol. The minimum Gasteiger partial charge on any atom is -0.481 e. The van der Waals surface area contributed by atoms with Gasteiger partial charge in [0.15, 0.2) is 0 Å². The van der Waals surface area contributed by atoms with Gasteiger partial charge >= 0.3 is 5.97 Å². The highest BCUT2D eigenvalue weighted by Gasteiger charge is 2.25. The number of hydrogen-bond donors (Lipinski definition) is 2. The van der Waals surface area contributed by atoms with Crippen LogP contribution >= 0.6 is 0 Å². The number of nitrogens with one attached hydrogen (secondary N) is 1. The molecule has 0 atom stereocenters. The highest BCUT2D eigenvalue weighted by Crippen LogP contribution is 2.39. The van der Waals surface area contributed by atoms with Crippen molar-refractivity contribution in [2.45, 2.75) is 38.6 Å². The maximum Gasteiger partial charge on any atom is 0.305 e. The van der Waals surface area contributed by atoms with Gasteiger partial charge in [-0.1, -0.05) is 6.07 Å². The van der Waals surface area contributed by atoms with Gasteiger partial charge in [-0.3, -0.25) is 9.48 Å². The number of carbonyl (C=O) groups is 1. The second-order valence-electron chi connectivity index (χ2n) is 6.93. The summed E-state index contributed by atoms with van der Waals surface area (Å²) in [6.45, 7) is 2.39. The van der Waals surface area contributed by atoms with E-state index < -0.39 is 5.97 Å². The molecule has 3 aromatic rings. The number of aryl methyl sites for hydroxylation is 2. The summed E-state index contributed by atoms with van der Waals surface area (Å²) in [6, 6.07) is 8.13. The van der Waals surface area contributed by atoms with Gasteiger partial charge in [0.05, 0.1) is 19.2 Å². The highest BCUT2D eigenvalue weighted by molar-refractivity contribution is 5.70. The van der Waals surface area contributed by atoms with E-state index in [2.05, 4.69) is 26.4 Å². The third-order valence-corrected chi connectivity index (χ3v) is 4.53. The fourth-order valence-corrected chi connectivity index (χ4v) is 3.04. The third kappa shape index (κ3) is 4.31. The van der Waals surface area contributed by atoms with Gasteiger partial charge in [-0.05, 0) is 49.1 Å². The Balaban J connectivity index is 1.54. The number of carboxylic acid groups (broad SMARTS) is 1. The van der Waals surface area contributed by atoms with Crippen LogP contribution in [0.2, 0.25) is 0 Å².